The second-order valence-electron chi connectivity index (χ2n) is 5.09. The summed E-state index contributed by atoms with van der Waals surface area (Å²) in [6.07, 6.45) is 0.798. The van der Waals surface area contributed by atoms with Gasteiger partial charge in [-0.05, 0) is 43.5 Å². The molecule has 1 amide bonds. The van der Waals surface area contributed by atoms with Crippen molar-refractivity contribution in [3.05, 3.63) is 23.3 Å². The average molecular weight is 313 g/mol. The van der Waals surface area contributed by atoms with E-state index in [1.807, 2.05) is 20.8 Å². The third-order valence-corrected chi connectivity index (χ3v) is 5.11. The minimum atomic E-state index is -3.78. The van der Waals surface area contributed by atoms with E-state index < -0.39 is 10.0 Å². The molecule has 0 spiro atoms. The third kappa shape index (κ3) is 4.18. The minimum Gasteiger partial charge on any atom is -0.398 e. The first-order chi connectivity index (χ1) is 9.70. The molecule has 6 nitrogen and oxygen atoms in total. The Kier molecular flexibility index (Phi) is 5.74. The Labute approximate surface area is 126 Å². The van der Waals surface area contributed by atoms with E-state index in [0.29, 0.717) is 6.54 Å². The van der Waals surface area contributed by atoms with Crippen LogP contribution < -0.4 is 11.1 Å². The van der Waals surface area contributed by atoms with E-state index in [-0.39, 0.29) is 23.0 Å². The maximum absolute atomic E-state index is 12.5. The summed E-state index contributed by atoms with van der Waals surface area (Å²) >= 11 is 0. The highest BCUT2D eigenvalue weighted by Crippen LogP contribution is 2.25. The number of nitrogen functional groups attached to an aromatic ring is 1. The summed E-state index contributed by atoms with van der Waals surface area (Å²) in [7, 11) is -2.41. The molecule has 1 aromatic rings. The number of carbonyl (C=O) groups is 1. The molecule has 0 aliphatic rings. The number of benzene rings is 1. The van der Waals surface area contributed by atoms with Gasteiger partial charge in [0, 0.05) is 13.6 Å². The van der Waals surface area contributed by atoms with Crippen molar-refractivity contribution in [3.8, 4) is 0 Å². The number of amides is 1. The van der Waals surface area contributed by atoms with Crippen LogP contribution in [0.2, 0.25) is 0 Å². The number of aryl methyl sites for hydroxylation is 2. The second-order valence-corrected chi connectivity index (χ2v) is 7.10. The van der Waals surface area contributed by atoms with Crippen LogP contribution in [0.3, 0.4) is 0 Å². The highest BCUT2D eigenvalue weighted by Gasteiger charge is 2.25. The van der Waals surface area contributed by atoms with Crippen LogP contribution in [0.1, 0.15) is 24.5 Å². The zero-order valence-electron chi connectivity index (χ0n) is 12.9. The Bertz CT molecular complexity index is 627. The van der Waals surface area contributed by atoms with Crippen LogP contribution in [0, 0.1) is 13.8 Å². The van der Waals surface area contributed by atoms with Gasteiger partial charge in [-0.1, -0.05) is 6.92 Å². The van der Waals surface area contributed by atoms with Gasteiger partial charge in [-0.2, -0.15) is 4.31 Å². The molecule has 0 bridgehead atoms. The second kappa shape index (κ2) is 6.91. The molecule has 0 saturated carbocycles. The first kappa shape index (κ1) is 17.5. The maximum Gasteiger partial charge on any atom is 0.245 e. The number of hydrogen-bond donors (Lipinski definition) is 2. The van der Waals surface area contributed by atoms with Crippen molar-refractivity contribution in [1.29, 1.82) is 0 Å². The molecule has 0 unspecified atom stereocenters. The molecule has 21 heavy (non-hydrogen) atoms. The third-order valence-electron chi connectivity index (χ3n) is 3.25. The van der Waals surface area contributed by atoms with Gasteiger partial charge in [-0.3, -0.25) is 4.79 Å². The van der Waals surface area contributed by atoms with Crippen LogP contribution in [-0.2, 0) is 14.8 Å². The van der Waals surface area contributed by atoms with E-state index in [2.05, 4.69) is 5.32 Å². The molecule has 1 aromatic carbocycles. The monoisotopic (exact) mass is 313 g/mol. The number of nitrogens with zero attached hydrogens (tertiary/aromatic N) is 1. The van der Waals surface area contributed by atoms with E-state index in [9.17, 15) is 13.2 Å². The van der Waals surface area contributed by atoms with Crippen LogP contribution in [0.4, 0.5) is 5.69 Å². The highest BCUT2D eigenvalue weighted by molar-refractivity contribution is 7.89. The largest absolute Gasteiger partial charge is 0.398 e. The maximum atomic E-state index is 12.5. The fourth-order valence-corrected chi connectivity index (χ4v) is 3.12. The summed E-state index contributed by atoms with van der Waals surface area (Å²) in [4.78, 5) is 11.7. The van der Waals surface area contributed by atoms with E-state index in [4.69, 9.17) is 5.73 Å². The first-order valence-electron chi connectivity index (χ1n) is 6.80. The molecule has 1 rings (SSSR count). The number of carbonyl (C=O) groups excluding carboxylic acids is 1. The number of anilines is 1. The lowest BCUT2D eigenvalue weighted by atomic mass is 10.1. The summed E-state index contributed by atoms with van der Waals surface area (Å²) in [6, 6.07) is 3.17. The minimum absolute atomic E-state index is 0.0383. The van der Waals surface area contributed by atoms with Gasteiger partial charge in [0.05, 0.1) is 12.2 Å². The topological polar surface area (TPSA) is 92.5 Å². The van der Waals surface area contributed by atoms with Gasteiger partial charge in [0.2, 0.25) is 15.9 Å². The Morgan fingerprint density at radius 2 is 1.86 bits per heavy atom. The highest BCUT2D eigenvalue weighted by atomic mass is 32.2. The van der Waals surface area contributed by atoms with Crippen molar-refractivity contribution >= 4 is 21.6 Å². The van der Waals surface area contributed by atoms with Gasteiger partial charge >= 0.3 is 0 Å². The standard InChI is InChI=1S/C14H23N3O3S/c1-5-6-16-14(18)9-17(4)21(19,20)13-8-11(3)10(2)7-12(13)15/h7-8H,5-6,9,15H2,1-4H3,(H,16,18). The molecular weight excluding hydrogens is 290 g/mol. The summed E-state index contributed by atoms with van der Waals surface area (Å²) in [5.74, 6) is -0.328. The van der Waals surface area contributed by atoms with Crippen LogP contribution in [0.25, 0.3) is 0 Å². The quantitative estimate of drug-likeness (QED) is 0.767. The van der Waals surface area contributed by atoms with Gasteiger partial charge in [0.25, 0.3) is 0 Å². The predicted molar refractivity (Wildman–Crippen MR) is 83.4 cm³/mol. The van der Waals surface area contributed by atoms with Gasteiger partial charge in [0.1, 0.15) is 4.90 Å². The normalized spacial score (nSPS) is 11.7. The SMILES string of the molecule is CCCNC(=O)CN(C)S(=O)(=O)c1cc(C)c(C)cc1N. The van der Waals surface area contributed by atoms with Crippen molar-refractivity contribution < 1.29 is 13.2 Å². The van der Waals surface area contributed by atoms with Crippen LogP contribution in [0.15, 0.2) is 17.0 Å². The Morgan fingerprint density at radius 1 is 1.29 bits per heavy atom. The average Bonchev–Trinajstić information content (AvgIpc) is 2.40. The Balaban J connectivity index is 3.00. The molecular formula is C14H23N3O3S. The lowest BCUT2D eigenvalue weighted by Crippen LogP contribution is -2.38. The van der Waals surface area contributed by atoms with E-state index in [1.165, 1.54) is 7.05 Å². The number of rotatable bonds is 6. The summed E-state index contributed by atoms with van der Waals surface area (Å²) in [5.41, 5.74) is 7.78. The number of nitrogens with one attached hydrogen (secondary N) is 1. The fourth-order valence-electron chi connectivity index (χ4n) is 1.81. The lowest BCUT2D eigenvalue weighted by Gasteiger charge is -2.19. The molecule has 118 valence electrons. The first-order valence-corrected chi connectivity index (χ1v) is 8.24. The van der Waals surface area contributed by atoms with Gasteiger partial charge in [0.15, 0.2) is 0 Å². The van der Waals surface area contributed by atoms with E-state index >= 15 is 0 Å². The Hall–Kier alpha value is -1.60. The number of sulfonamides is 1. The smallest absolute Gasteiger partial charge is 0.245 e. The fraction of sp³-hybridized carbons (Fsp3) is 0.500. The van der Waals surface area contributed by atoms with Gasteiger partial charge in [-0.25, -0.2) is 8.42 Å². The van der Waals surface area contributed by atoms with E-state index in [1.54, 1.807) is 12.1 Å². The van der Waals surface area contributed by atoms with Crippen molar-refractivity contribution in [1.82, 2.24) is 9.62 Å². The molecule has 3 N–H and O–H groups in total. The van der Waals surface area contributed by atoms with Crippen LogP contribution >= 0.6 is 0 Å². The molecule has 0 aromatic heterocycles. The Morgan fingerprint density at radius 3 is 2.43 bits per heavy atom. The molecule has 0 heterocycles. The van der Waals surface area contributed by atoms with Crippen molar-refractivity contribution in [3.63, 3.8) is 0 Å². The molecule has 7 heteroatoms. The summed E-state index contributed by atoms with van der Waals surface area (Å²) in [5, 5.41) is 2.65. The number of likely N-dealkylation sites (N-methyl/N-ethyl adjacent to an activating group) is 1. The lowest BCUT2D eigenvalue weighted by molar-refractivity contribution is -0.121. The number of hydrogen-bond acceptors (Lipinski definition) is 4. The molecule has 0 atom stereocenters. The van der Waals surface area contributed by atoms with Crippen molar-refractivity contribution in [2.75, 3.05) is 25.9 Å². The number of nitrogens with two attached hydrogens (primary N) is 1. The van der Waals surface area contributed by atoms with Crippen LogP contribution in [-0.4, -0.2) is 38.8 Å². The van der Waals surface area contributed by atoms with Crippen LogP contribution in [0.5, 0.6) is 0 Å². The predicted octanol–water partition coefficient (Wildman–Crippen LogP) is 1.03. The molecule has 0 radical (unpaired) electrons. The molecule has 0 fully saturated rings. The molecule has 0 aliphatic heterocycles. The van der Waals surface area contributed by atoms with Gasteiger partial charge in [-0.15, -0.1) is 0 Å². The zero-order valence-corrected chi connectivity index (χ0v) is 13.8. The van der Waals surface area contributed by atoms with Gasteiger partial charge < -0.3 is 11.1 Å². The summed E-state index contributed by atoms with van der Waals surface area (Å²) in [6.45, 7) is 5.91. The molecule has 0 aliphatic carbocycles. The van der Waals surface area contributed by atoms with Crippen molar-refractivity contribution in [2.45, 2.75) is 32.1 Å². The summed E-state index contributed by atoms with van der Waals surface area (Å²) < 4.78 is 26.0. The van der Waals surface area contributed by atoms with Crippen molar-refractivity contribution in [2.24, 2.45) is 0 Å². The van der Waals surface area contributed by atoms with E-state index in [0.717, 1.165) is 21.9 Å². The molecule has 0 saturated heterocycles. The zero-order chi connectivity index (χ0) is 16.2.